The van der Waals surface area contributed by atoms with Gasteiger partial charge in [0.15, 0.2) is 6.10 Å². The van der Waals surface area contributed by atoms with Gasteiger partial charge < -0.3 is 9.64 Å². The number of aromatic nitrogens is 2. The largest absolute Gasteiger partial charge is 0.479 e. The third-order valence-electron chi connectivity index (χ3n) is 4.78. The lowest BCUT2D eigenvalue weighted by Gasteiger charge is -2.33. The first kappa shape index (κ1) is 18.6. The van der Waals surface area contributed by atoms with Crippen molar-refractivity contribution in [2.45, 2.75) is 33.3 Å². The van der Waals surface area contributed by atoms with E-state index in [1.807, 2.05) is 46.7 Å². The van der Waals surface area contributed by atoms with Crippen molar-refractivity contribution in [3.8, 4) is 27.7 Å². The zero-order valence-corrected chi connectivity index (χ0v) is 17.1. The zero-order chi connectivity index (χ0) is 19.7. The molecule has 0 spiro atoms. The Balaban J connectivity index is 1.68. The summed E-state index contributed by atoms with van der Waals surface area (Å²) in [7, 11) is 0. The molecule has 6 heteroatoms. The molecule has 1 unspecified atom stereocenters. The fourth-order valence-electron chi connectivity index (χ4n) is 3.20. The molecule has 3 aromatic rings. The van der Waals surface area contributed by atoms with Gasteiger partial charge in [-0.3, -0.25) is 9.78 Å². The molecule has 28 heavy (non-hydrogen) atoms. The molecule has 1 atom stereocenters. The summed E-state index contributed by atoms with van der Waals surface area (Å²) >= 11 is 1.57. The van der Waals surface area contributed by atoms with Gasteiger partial charge in [-0.1, -0.05) is 19.9 Å². The standard InChI is InChI=1S/C22H23N3O2S/c1-14(2)9-11-25-19-12-16(7-8-20(19)27-15(3)22(25)26)18-13-28-21(24-18)17-6-4-5-10-23-17/h4-8,10,12-15H,9,11H2,1-3H3. The summed E-state index contributed by atoms with van der Waals surface area (Å²) in [5.74, 6) is 1.29. The Labute approximate surface area is 169 Å². The molecule has 0 fully saturated rings. The van der Waals surface area contributed by atoms with Crippen molar-refractivity contribution in [3.63, 3.8) is 0 Å². The molecule has 144 valence electrons. The lowest BCUT2D eigenvalue weighted by molar-refractivity contribution is -0.125. The van der Waals surface area contributed by atoms with Gasteiger partial charge in [-0.2, -0.15) is 0 Å². The number of hydrogen-bond donors (Lipinski definition) is 0. The average Bonchev–Trinajstić information content (AvgIpc) is 3.19. The molecular weight excluding hydrogens is 370 g/mol. The van der Waals surface area contributed by atoms with Gasteiger partial charge in [-0.15, -0.1) is 11.3 Å². The van der Waals surface area contributed by atoms with Crippen LogP contribution in [0.4, 0.5) is 5.69 Å². The monoisotopic (exact) mass is 393 g/mol. The lowest BCUT2D eigenvalue weighted by atomic mass is 10.1. The van der Waals surface area contributed by atoms with Crippen molar-refractivity contribution in [1.29, 1.82) is 0 Å². The summed E-state index contributed by atoms with van der Waals surface area (Å²) in [6.45, 7) is 6.83. The second-order valence-corrected chi connectivity index (χ2v) is 8.23. The fourth-order valence-corrected chi connectivity index (χ4v) is 4.00. The van der Waals surface area contributed by atoms with E-state index in [-0.39, 0.29) is 5.91 Å². The number of nitrogens with zero attached hydrogens (tertiary/aromatic N) is 3. The van der Waals surface area contributed by atoms with Crippen LogP contribution in [-0.2, 0) is 4.79 Å². The number of hydrogen-bond acceptors (Lipinski definition) is 5. The number of pyridine rings is 1. The van der Waals surface area contributed by atoms with Crippen LogP contribution in [0.1, 0.15) is 27.2 Å². The van der Waals surface area contributed by atoms with E-state index in [2.05, 4.69) is 18.8 Å². The number of rotatable bonds is 5. The number of anilines is 1. The minimum absolute atomic E-state index is 0.0118. The summed E-state index contributed by atoms with van der Waals surface area (Å²) in [6, 6.07) is 11.8. The van der Waals surface area contributed by atoms with E-state index in [1.54, 1.807) is 24.5 Å². The van der Waals surface area contributed by atoms with Crippen molar-refractivity contribution in [1.82, 2.24) is 9.97 Å². The van der Waals surface area contributed by atoms with Crippen LogP contribution in [0, 0.1) is 5.92 Å². The third-order valence-corrected chi connectivity index (χ3v) is 5.65. The first-order valence-corrected chi connectivity index (χ1v) is 10.4. The van der Waals surface area contributed by atoms with Crippen LogP contribution in [0.3, 0.4) is 0 Å². The van der Waals surface area contributed by atoms with E-state index in [0.717, 1.165) is 39.8 Å². The summed E-state index contributed by atoms with van der Waals surface area (Å²) in [4.78, 5) is 23.7. The predicted molar refractivity (Wildman–Crippen MR) is 113 cm³/mol. The van der Waals surface area contributed by atoms with Crippen LogP contribution >= 0.6 is 11.3 Å². The minimum atomic E-state index is -0.458. The number of ether oxygens (including phenoxy) is 1. The van der Waals surface area contributed by atoms with Crippen molar-refractivity contribution in [3.05, 3.63) is 48.0 Å². The van der Waals surface area contributed by atoms with Crippen LogP contribution < -0.4 is 9.64 Å². The Morgan fingerprint density at radius 1 is 1.21 bits per heavy atom. The number of amides is 1. The van der Waals surface area contributed by atoms with Crippen molar-refractivity contribution in [2.24, 2.45) is 5.92 Å². The molecule has 0 saturated carbocycles. The Kier molecular flexibility index (Phi) is 5.13. The molecule has 2 aromatic heterocycles. The van der Waals surface area contributed by atoms with E-state index in [9.17, 15) is 4.79 Å². The molecule has 0 radical (unpaired) electrons. The second-order valence-electron chi connectivity index (χ2n) is 7.37. The highest BCUT2D eigenvalue weighted by atomic mass is 32.1. The van der Waals surface area contributed by atoms with E-state index < -0.39 is 6.10 Å². The predicted octanol–water partition coefficient (Wildman–Crippen LogP) is 5.03. The van der Waals surface area contributed by atoms with Gasteiger partial charge in [-0.05, 0) is 49.6 Å². The Morgan fingerprint density at radius 2 is 2.07 bits per heavy atom. The van der Waals surface area contributed by atoms with Gasteiger partial charge in [0.1, 0.15) is 10.8 Å². The highest BCUT2D eigenvalue weighted by Gasteiger charge is 2.31. The highest BCUT2D eigenvalue weighted by Crippen LogP contribution is 2.38. The Morgan fingerprint density at radius 3 is 2.82 bits per heavy atom. The van der Waals surface area contributed by atoms with Gasteiger partial charge in [0, 0.05) is 23.7 Å². The minimum Gasteiger partial charge on any atom is -0.479 e. The second kappa shape index (κ2) is 7.72. The SMILES string of the molecule is CC(C)CCN1C(=O)C(C)Oc2ccc(-c3csc(-c4ccccn4)n3)cc21. The maximum absolute atomic E-state index is 12.7. The number of carbonyl (C=O) groups excluding carboxylic acids is 1. The van der Waals surface area contributed by atoms with Crippen molar-refractivity contribution < 1.29 is 9.53 Å². The number of carbonyl (C=O) groups is 1. The maximum atomic E-state index is 12.7. The smallest absolute Gasteiger partial charge is 0.267 e. The van der Waals surface area contributed by atoms with E-state index >= 15 is 0 Å². The highest BCUT2D eigenvalue weighted by molar-refractivity contribution is 7.13. The first-order chi connectivity index (χ1) is 13.5. The quantitative estimate of drug-likeness (QED) is 0.610. The van der Waals surface area contributed by atoms with Gasteiger partial charge in [0.25, 0.3) is 5.91 Å². The summed E-state index contributed by atoms with van der Waals surface area (Å²) in [5, 5.41) is 2.91. The average molecular weight is 394 g/mol. The zero-order valence-electron chi connectivity index (χ0n) is 16.3. The molecule has 5 nitrogen and oxygen atoms in total. The molecule has 1 aromatic carbocycles. The molecular formula is C22H23N3O2S. The van der Waals surface area contributed by atoms with Gasteiger partial charge in [0.05, 0.1) is 17.1 Å². The van der Waals surface area contributed by atoms with Crippen LogP contribution in [0.25, 0.3) is 22.0 Å². The van der Waals surface area contributed by atoms with Gasteiger partial charge in [-0.25, -0.2) is 4.98 Å². The maximum Gasteiger partial charge on any atom is 0.267 e. The summed E-state index contributed by atoms with van der Waals surface area (Å²) < 4.78 is 5.83. The Bertz CT molecular complexity index is 984. The molecule has 0 aliphatic carbocycles. The van der Waals surface area contributed by atoms with E-state index in [1.165, 1.54) is 0 Å². The summed E-state index contributed by atoms with van der Waals surface area (Å²) in [6.07, 6.45) is 2.26. The number of benzene rings is 1. The van der Waals surface area contributed by atoms with Crippen molar-refractivity contribution in [2.75, 3.05) is 11.4 Å². The molecule has 1 amide bonds. The molecule has 3 heterocycles. The molecule has 1 aliphatic heterocycles. The van der Waals surface area contributed by atoms with E-state index in [0.29, 0.717) is 12.5 Å². The molecule has 4 rings (SSSR count). The van der Waals surface area contributed by atoms with Crippen LogP contribution in [0.2, 0.25) is 0 Å². The van der Waals surface area contributed by atoms with Crippen LogP contribution in [0.15, 0.2) is 48.0 Å². The van der Waals surface area contributed by atoms with Gasteiger partial charge in [0.2, 0.25) is 0 Å². The van der Waals surface area contributed by atoms with Crippen LogP contribution in [-0.4, -0.2) is 28.5 Å². The summed E-state index contributed by atoms with van der Waals surface area (Å²) in [5.41, 5.74) is 3.54. The molecule has 0 N–H and O–H groups in total. The molecule has 1 aliphatic rings. The normalized spacial score (nSPS) is 16.2. The Hall–Kier alpha value is -2.73. The van der Waals surface area contributed by atoms with Crippen molar-refractivity contribution >= 4 is 22.9 Å². The first-order valence-electron chi connectivity index (χ1n) is 9.52. The molecule has 0 saturated heterocycles. The van der Waals surface area contributed by atoms with Crippen LogP contribution in [0.5, 0.6) is 5.75 Å². The number of thiazole rings is 1. The van der Waals surface area contributed by atoms with E-state index in [4.69, 9.17) is 9.72 Å². The lowest BCUT2D eigenvalue weighted by Crippen LogP contribution is -2.45. The topological polar surface area (TPSA) is 55.3 Å². The van der Waals surface area contributed by atoms with Gasteiger partial charge >= 0.3 is 0 Å². The number of fused-ring (bicyclic) bond motifs is 1. The third kappa shape index (κ3) is 3.64. The fraction of sp³-hybridized carbons (Fsp3) is 0.318. The molecule has 0 bridgehead atoms.